The molecule has 0 saturated carbocycles. The van der Waals surface area contributed by atoms with Gasteiger partial charge in [-0.2, -0.15) is 12.6 Å². The molecule has 0 aromatic carbocycles. The van der Waals surface area contributed by atoms with E-state index in [-0.39, 0.29) is 7.43 Å². The van der Waals surface area contributed by atoms with Gasteiger partial charge in [0.2, 0.25) is 0 Å². The van der Waals surface area contributed by atoms with Crippen LogP contribution in [0.4, 0.5) is 0 Å². The van der Waals surface area contributed by atoms with Crippen LogP contribution in [0.5, 0.6) is 0 Å². The second-order valence-electron chi connectivity index (χ2n) is 0.866. The van der Waals surface area contributed by atoms with E-state index in [1.54, 1.807) is 0 Å². The second-order valence-corrected chi connectivity index (χ2v) is 1.31. The van der Waals surface area contributed by atoms with Crippen LogP contribution in [0, 0.1) is 0 Å². The molecule has 0 radical (unpaired) electrons. The van der Waals surface area contributed by atoms with Crippen LogP contribution >= 0.6 is 12.6 Å². The molecule has 40 valence electrons. The first-order valence-corrected chi connectivity index (χ1v) is 2.36. The number of rotatable bonds is 2. The van der Waals surface area contributed by atoms with E-state index in [2.05, 4.69) is 12.6 Å². The minimum atomic E-state index is 0. The summed E-state index contributed by atoms with van der Waals surface area (Å²) in [6.07, 6.45) is 1.03. The molecule has 0 rings (SSSR count). The van der Waals surface area contributed by atoms with Gasteiger partial charge in [-0.15, -0.1) is 0 Å². The number of thiol groups is 1. The molecule has 0 aliphatic rings. The molecule has 0 heterocycles. The lowest BCUT2D eigenvalue weighted by Crippen LogP contribution is -1.97. The van der Waals surface area contributed by atoms with Gasteiger partial charge in [-0.3, -0.25) is 0 Å². The third-order valence-electron chi connectivity index (χ3n) is 0.362. The Morgan fingerprint density at radius 3 is 2.00 bits per heavy atom. The topological polar surface area (TPSA) is 26.0 Å². The van der Waals surface area contributed by atoms with Gasteiger partial charge in [0.05, 0.1) is 0 Å². The molecule has 0 fully saturated rings. The highest BCUT2D eigenvalue weighted by Gasteiger charge is 1.68. The summed E-state index contributed by atoms with van der Waals surface area (Å²) in [6.45, 7) is 0.767. The standard InChI is InChI=1S/C3H9NS.CH4/c4-2-1-3-5;/h5H,1-4H2;1H4. The van der Waals surface area contributed by atoms with Crippen molar-refractivity contribution in [2.24, 2.45) is 5.73 Å². The van der Waals surface area contributed by atoms with E-state index in [0.717, 1.165) is 18.7 Å². The molecule has 0 aromatic heterocycles. The lowest BCUT2D eigenvalue weighted by atomic mass is 10.5. The smallest absolute Gasteiger partial charge is 0.00695 e. The molecule has 0 aliphatic carbocycles. The second kappa shape index (κ2) is 9.00. The van der Waals surface area contributed by atoms with Gasteiger partial charge in [0.1, 0.15) is 0 Å². The zero-order chi connectivity index (χ0) is 4.12. The van der Waals surface area contributed by atoms with Crippen LogP contribution in [0.1, 0.15) is 13.8 Å². The van der Waals surface area contributed by atoms with E-state index >= 15 is 0 Å². The van der Waals surface area contributed by atoms with Crippen LogP contribution in [-0.4, -0.2) is 12.3 Å². The highest BCUT2D eigenvalue weighted by molar-refractivity contribution is 7.80. The Balaban J connectivity index is 0. The minimum Gasteiger partial charge on any atom is -0.330 e. The summed E-state index contributed by atoms with van der Waals surface area (Å²) in [6, 6.07) is 0. The molecule has 0 unspecified atom stereocenters. The van der Waals surface area contributed by atoms with Crippen molar-refractivity contribution in [2.75, 3.05) is 12.3 Å². The lowest BCUT2D eigenvalue weighted by molar-refractivity contribution is 0.946. The first-order valence-electron chi connectivity index (χ1n) is 1.72. The minimum absolute atomic E-state index is 0. The van der Waals surface area contributed by atoms with Crippen LogP contribution in [0.25, 0.3) is 0 Å². The maximum absolute atomic E-state index is 5.09. The zero-order valence-electron chi connectivity index (χ0n) is 3.15. The Hall–Kier alpha value is 0.310. The van der Waals surface area contributed by atoms with Crippen LogP contribution < -0.4 is 5.73 Å². The van der Waals surface area contributed by atoms with Crippen molar-refractivity contribution in [2.45, 2.75) is 13.8 Å². The fourth-order valence-electron chi connectivity index (χ4n) is 0.0913. The molecule has 0 aromatic rings. The molecule has 1 nitrogen and oxygen atoms in total. The van der Waals surface area contributed by atoms with Gasteiger partial charge < -0.3 is 5.73 Å². The van der Waals surface area contributed by atoms with Gasteiger partial charge in [0, 0.05) is 0 Å². The van der Waals surface area contributed by atoms with Gasteiger partial charge in [0.15, 0.2) is 0 Å². The van der Waals surface area contributed by atoms with Crippen molar-refractivity contribution in [1.29, 1.82) is 0 Å². The molecule has 0 saturated heterocycles. The van der Waals surface area contributed by atoms with Crippen molar-refractivity contribution in [1.82, 2.24) is 0 Å². The summed E-state index contributed by atoms with van der Waals surface area (Å²) >= 11 is 3.92. The van der Waals surface area contributed by atoms with Gasteiger partial charge in [-0.25, -0.2) is 0 Å². The third-order valence-corrected chi connectivity index (χ3v) is 0.678. The highest BCUT2D eigenvalue weighted by Crippen LogP contribution is 1.74. The number of hydrogen-bond donors (Lipinski definition) is 2. The van der Waals surface area contributed by atoms with E-state index in [0.29, 0.717) is 0 Å². The highest BCUT2D eigenvalue weighted by atomic mass is 32.1. The maximum Gasteiger partial charge on any atom is -0.00695 e. The zero-order valence-corrected chi connectivity index (χ0v) is 4.04. The molecule has 0 bridgehead atoms. The Labute approximate surface area is 45.3 Å². The molecule has 2 N–H and O–H groups in total. The van der Waals surface area contributed by atoms with Gasteiger partial charge in [-0.05, 0) is 18.7 Å². The van der Waals surface area contributed by atoms with Crippen molar-refractivity contribution in [3.63, 3.8) is 0 Å². The van der Waals surface area contributed by atoms with E-state index in [4.69, 9.17) is 5.73 Å². The van der Waals surface area contributed by atoms with Crippen molar-refractivity contribution in [3.8, 4) is 0 Å². The fourth-order valence-corrected chi connectivity index (χ4v) is 0.274. The monoisotopic (exact) mass is 107 g/mol. The summed E-state index contributed by atoms with van der Waals surface area (Å²) in [4.78, 5) is 0. The molecule has 0 atom stereocenters. The summed E-state index contributed by atoms with van der Waals surface area (Å²) in [5.74, 6) is 0.913. The average Bonchev–Trinajstić information content (AvgIpc) is 1.41. The predicted octanol–water partition coefficient (Wildman–Crippen LogP) is 0.901. The molecule has 0 aliphatic heterocycles. The Morgan fingerprint density at radius 1 is 1.50 bits per heavy atom. The lowest BCUT2D eigenvalue weighted by Gasteiger charge is -1.79. The predicted molar refractivity (Wildman–Crippen MR) is 34.3 cm³/mol. The van der Waals surface area contributed by atoms with E-state index in [1.165, 1.54) is 0 Å². The largest absolute Gasteiger partial charge is 0.330 e. The van der Waals surface area contributed by atoms with Gasteiger partial charge >= 0.3 is 0 Å². The van der Waals surface area contributed by atoms with Crippen molar-refractivity contribution in [3.05, 3.63) is 0 Å². The van der Waals surface area contributed by atoms with Crippen LogP contribution in [-0.2, 0) is 0 Å². The Morgan fingerprint density at radius 2 is 2.00 bits per heavy atom. The van der Waals surface area contributed by atoms with Crippen molar-refractivity contribution >= 4 is 12.6 Å². The summed E-state index contributed by atoms with van der Waals surface area (Å²) in [7, 11) is 0. The molecule has 0 amide bonds. The first-order chi connectivity index (χ1) is 2.41. The van der Waals surface area contributed by atoms with Crippen LogP contribution in [0.3, 0.4) is 0 Å². The average molecular weight is 107 g/mol. The van der Waals surface area contributed by atoms with Crippen molar-refractivity contribution < 1.29 is 0 Å². The normalized spacial score (nSPS) is 7.00. The summed E-state index contributed by atoms with van der Waals surface area (Å²) < 4.78 is 0. The number of hydrogen-bond acceptors (Lipinski definition) is 2. The van der Waals surface area contributed by atoms with Crippen LogP contribution in [0.15, 0.2) is 0 Å². The third kappa shape index (κ3) is 8.85. The Bertz CT molecular complexity index is 15.0. The summed E-state index contributed by atoms with van der Waals surface area (Å²) in [5, 5.41) is 0. The molecule has 0 spiro atoms. The van der Waals surface area contributed by atoms with E-state index in [1.807, 2.05) is 0 Å². The van der Waals surface area contributed by atoms with E-state index < -0.39 is 0 Å². The molecular weight excluding hydrogens is 94.1 g/mol. The molecule has 2 heteroatoms. The number of nitrogens with two attached hydrogens (primary N) is 1. The van der Waals surface area contributed by atoms with Crippen LogP contribution in [0.2, 0.25) is 0 Å². The molecule has 6 heavy (non-hydrogen) atoms. The first kappa shape index (κ1) is 9.58. The maximum atomic E-state index is 5.09. The quantitative estimate of drug-likeness (QED) is 0.504. The van der Waals surface area contributed by atoms with E-state index in [9.17, 15) is 0 Å². The molecular formula is C4H13NS. The SMILES string of the molecule is C.NCCCS. The van der Waals surface area contributed by atoms with Gasteiger partial charge in [-0.1, -0.05) is 7.43 Å². The van der Waals surface area contributed by atoms with Gasteiger partial charge in [0.25, 0.3) is 0 Å². The Kier molecular flexibility index (Phi) is 14.4. The summed E-state index contributed by atoms with van der Waals surface area (Å²) in [5.41, 5.74) is 5.09. The fraction of sp³-hybridized carbons (Fsp3) is 1.00.